The second kappa shape index (κ2) is 3.83. The predicted octanol–water partition coefficient (Wildman–Crippen LogP) is 1.14. The molecular formula is C8H10F2O3. The lowest BCUT2D eigenvalue weighted by Gasteiger charge is -2.33. The Bertz CT molecular complexity index is 229. The summed E-state index contributed by atoms with van der Waals surface area (Å²) in [5.41, 5.74) is 0.214. The van der Waals surface area contributed by atoms with E-state index in [2.05, 4.69) is 16.1 Å². The van der Waals surface area contributed by atoms with Gasteiger partial charge in [0, 0.05) is 5.57 Å². The van der Waals surface area contributed by atoms with Crippen LogP contribution < -0.4 is 0 Å². The molecule has 5 heteroatoms. The highest BCUT2D eigenvalue weighted by Gasteiger charge is 2.44. The quantitative estimate of drug-likeness (QED) is 0.496. The van der Waals surface area contributed by atoms with E-state index < -0.39 is 24.6 Å². The van der Waals surface area contributed by atoms with E-state index in [1.54, 1.807) is 0 Å². The van der Waals surface area contributed by atoms with Crippen LogP contribution in [-0.4, -0.2) is 31.2 Å². The van der Waals surface area contributed by atoms with Crippen molar-refractivity contribution in [3.8, 4) is 0 Å². The standard InChI is InChI=1S/C8H10F2O3/c1-4(2)8(11)12-3-5-6(9)7(10)13-5/h5-7H,1,3H2,2H3. The Morgan fingerprint density at radius 2 is 2.23 bits per heavy atom. The van der Waals surface area contributed by atoms with Gasteiger partial charge in [0.15, 0.2) is 6.17 Å². The van der Waals surface area contributed by atoms with Crippen LogP contribution in [0, 0.1) is 0 Å². The van der Waals surface area contributed by atoms with Crippen LogP contribution in [0.1, 0.15) is 6.92 Å². The molecule has 1 saturated heterocycles. The highest BCUT2D eigenvalue weighted by Crippen LogP contribution is 2.25. The summed E-state index contributed by atoms with van der Waals surface area (Å²) in [6, 6.07) is 0. The van der Waals surface area contributed by atoms with Crippen LogP contribution in [0.2, 0.25) is 0 Å². The number of esters is 1. The largest absolute Gasteiger partial charge is 0.459 e. The third-order valence-electron chi connectivity index (χ3n) is 1.64. The van der Waals surface area contributed by atoms with Gasteiger partial charge in [-0.15, -0.1) is 0 Å². The molecule has 0 aliphatic carbocycles. The summed E-state index contributed by atoms with van der Waals surface area (Å²) in [6.07, 6.45) is -4.55. The summed E-state index contributed by atoms with van der Waals surface area (Å²) in [5, 5.41) is 0. The summed E-state index contributed by atoms with van der Waals surface area (Å²) in [6.45, 7) is 4.52. The van der Waals surface area contributed by atoms with Crippen LogP contribution in [0.3, 0.4) is 0 Å². The summed E-state index contributed by atoms with van der Waals surface area (Å²) in [4.78, 5) is 10.8. The first-order chi connectivity index (χ1) is 6.02. The molecule has 74 valence electrons. The molecule has 0 amide bonds. The lowest BCUT2D eigenvalue weighted by Crippen LogP contribution is -2.51. The van der Waals surface area contributed by atoms with Crippen molar-refractivity contribution in [3.05, 3.63) is 12.2 Å². The van der Waals surface area contributed by atoms with Crippen molar-refractivity contribution < 1.29 is 23.0 Å². The van der Waals surface area contributed by atoms with Crippen molar-refractivity contribution in [3.63, 3.8) is 0 Å². The Hall–Kier alpha value is -0.970. The van der Waals surface area contributed by atoms with E-state index in [-0.39, 0.29) is 12.2 Å². The maximum Gasteiger partial charge on any atom is 0.333 e. The molecule has 0 radical (unpaired) electrons. The van der Waals surface area contributed by atoms with Crippen molar-refractivity contribution in [1.29, 1.82) is 0 Å². The van der Waals surface area contributed by atoms with Crippen LogP contribution in [0.5, 0.6) is 0 Å². The summed E-state index contributed by atoms with van der Waals surface area (Å²) < 4.78 is 33.5. The van der Waals surface area contributed by atoms with Gasteiger partial charge in [0.1, 0.15) is 12.7 Å². The zero-order valence-electron chi connectivity index (χ0n) is 7.13. The smallest absolute Gasteiger partial charge is 0.333 e. The molecule has 1 rings (SSSR count). The average molecular weight is 192 g/mol. The minimum absolute atomic E-state index is 0.214. The van der Waals surface area contributed by atoms with Gasteiger partial charge in [-0.2, -0.15) is 0 Å². The second-order valence-electron chi connectivity index (χ2n) is 2.85. The average Bonchev–Trinajstić information content (AvgIpc) is 2.10. The van der Waals surface area contributed by atoms with Gasteiger partial charge in [-0.3, -0.25) is 0 Å². The molecule has 1 fully saturated rings. The van der Waals surface area contributed by atoms with Crippen molar-refractivity contribution >= 4 is 5.97 Å². The van der Waals surface area contributed by atoms with Gasteiger partial charge in [-0.25, -0.2) is 13.6 Å². The lowest BCUT2D eigenvalue weighted by molar-refractivity contribution is -0.259. The fraction of sp³-hybridized carbons (Fsp3) is 0.625. The van der Waals surface area contributed by atoms with Crippen molar-refractivity contribution in [2.24, 2.45) is 0 Å². The van der Waals surface area contributed by atoms with E-state index in [0.717, 1.165) is 0 Å². The predicted molar refractivity (Wildman–Crippen MR) is 40.4 cm³/mol. The van der Waals surface area contributed by atoms with E-state index in [4.69, 9.17) is 0 Å². The second-order valence-corrected chi connectivity index (χ2v) is 2.85. The van der Waals surface area contributed by atoms with Gasteiger partial charge in [-0.1, -0.05) is 6.58 Å². The van der Waals surface area contributed by atoms with E-state index in [0.29, 0.717) is 0 Å². The van der Waals surface area contributed by atoms with E-state index >= 15 is 0 Å². The molecule has 3 nitrogen and oxygen atoms in total. The number of rotatable bonds is 3. The fourth-order valence-electron chi connectivity index (χ4n) is 0.808. The zero-order valence-corrected chi connectivity index (χ0v) is 7.13. The molecule has 0 aromatic rings. The highest BCUT2D eigenvalue weighted by molar-refractivity contribution is 5.86. The van der Waals surface area contributed by atoms with Gasteiger partial charge in [0.05, 0.1) is 0 Å². The summed E-state index contributed by atoms with van der Waals surface area (Å²) >= 11 is 0. The van der Waals surface area contributed by atoms with Crippen molar-refractivity contribution in [2.45, 2.75) is 25.6 Å². The van der Waals surface area contributed by atoms with Gasteiger partial charge >= 0.3 is 5.97 Å². The molecule has 3 atom stereocenters. The Balaban J connectivity index is 2.21. The molecule has 3 unspecified atom stereocenters. The molecule has 0 bridgehead atoms. The molecule has 13 heavy (non-hydrogen) atoms. The number of hydrogen-bond donors (Lipinski definition) is 0. The number of halogens is 2. The van der Waals surface area contributed by atoms with Crippen LogP contribution >= 0.6 is 0 Å². The molecule has 0 N–H and O–H groups in total. The number of hydrogen-bond acceptors (Lipinski definition) is 3. The summed E-state index contributed by atoms with van der Waals surface area (Å²) in [7, 11) is 0. The minimum atomic E-state index is -1.88. The monoisotopic (exact) mass is 192 g/mol. The SMILES string of the molecule is C=C(C)C(=O)OCC1OC(F)C1F. The van der Waals surface area contributed by atoms with E-state index in [9.17, 15) is 13.6 Å². The normalized spacial score (nSPS) is 32.1. The minimum Gasteiger partial charge on any atom is -0.459 e. The van der Waals surface area contributed by atoms with Gasteiger partial charge in [0.2, 0.25) is 6.36 Å². The lowest BCUT2D eigenvalue weighted by atomic mass is 10.1. The van der Waals surface area contributed by atoms with Crippen LogP contribution in [-0.2, 0) is 14.3 Å². The number of alkyl halides is 2. The molecule has 1 heterocycles. The number of ether oxygens (including phenoxy) is 2. The molecule has 0 aromatic heterocycles. The molecule has 0 aromatic carbocycles. The third kappa shape index (κ3) is 2.24. The first-order valence-electron chi connectivity index (χ1n) is 3.78. The Kier molecular flexibility index (Phi) is 2.98. The fourth-order valence-corrected chi connectivity index (χ4v) is 0.808. The van der Waals surface area contributed by atoms with Crippen LogP contribution in [0.4, 0.5) is 8.78 Å². The molecular weight excluding hydrogens is 182 g/mol. The van der Waals surface area contributed by atoms with Gasteiger partial charge in [0.25, 0.3) is 0 Å². The molecule has 0 saturated carbocycles. The van der Waals surface area contributed by atoms with Crippen LogP contribution in [0.15, 0.2) is 12.2 Å². The Morgan fingerprint density at radius 1 is 1.62 bits per heavy atom. The van der Waals surface area contributed by atoms with E-state index in [1.165, 1.54) is 6.92 Å². The van der Waals surface area contributed by atoms with Gasteiger partial charge < -0.3 is 9.47 Å². The Labute approximate surface area is 74.3 Å². The molecule has 1 aliphatic rings. The third-order valence-corrected chi connectivity index (χ3v) is 1.64. The van der Waals surface area contributed by atoms with Gasteiger partial charge in [-0.05, 0) is 6.92 Å². The number of carbonyl (C=O) groups excluding carboxylic acids is 1. The molecule has 0 spiro atoms. The van der Waals surface area contributed by atoms with Crippen LogP contribution in [0.25, 0.3) is 0 Å². The molecule has 1 aliphatic heterocycles. The first kappa shape index (κ1) is 10.1. The Morgan fingerprint density at radius 3 is 2.62 bits per heavy atom. The highest BCUT2D eigenvalue weighted by atomic mass is 19.2. The maximum absolute atomic E-state index is 12.5. The first-order valence-corrected chi connectivity index (χ1v) is 3.78. The van der Waals surface area contributed by atoms with E-state index in [1.807, 2.05) is 0 Å². The number of carbonyl (C=O) groups is 1. The maximum atomic E-state index is 12.5. The topological polar surface area (TPSA) is 35.5 Å². The summed E-state index contributed by atoms with van der Waals surface area (Å²) in [5.74, 6) is -0.627. The van der Waals surface area contributed by atoms with Crippen molar-refractivity contribution in [1.82, 2.24) is 0 Å². The van der Waals surface area contributed by atoms with Crippen molar-refractivity contribution in [2.75, 3.05) is 6.61 Å². The zero-order chi connectivity index (χ0) is 10.0.